The minimum Gasteiger partial charge on any atom is -0.338 e. The fourth-order valence-corrected chi connectivity index (χ4v) is 4.10. The summed E-state index contributed by atoms with van der Waals surface area (Å²) < 4.78 is 0. The highest BCUT2D eigenvalue weighted by molar-refractivity contribution is 7.10. The molecule has 0 fully saturated rings. The Labute approximate surface area is 152 Å². The number of fused-ring (bicyclic) bond motifs is 1. The van der Waals surface area contributed by atoms with Crippen LogP contribution in [0.4, 0.5) is 4.79 Å². The van der Waals surface area contributed by atoms with Crippen molar-refractivity contribution in [1.29, 1.82) is 0 Å². The van der Waals surface area contributed by atoms with Crippen molar-refractivity contribution in [3.63, 3.8) is 0 Å². The Hall–Kier alpha value is -2.18. The molecular weight excluding hydrogens is 334 g/mol. The minimum absolute atomic E-state index is 0.0562. The predicted octanol–water partition coefficient (Wildman–Crippen LogP) is 2.93. The lowest BCUT2D eigenvalue weighted by molar-refractivity contribution is -0.121. The molecule has 3 amide bonds. The number of urea groups is 1. The lowest BCUT2D eigenvalue weighted by atomic mass is 9.93. The van der Waals surface area contributed by atoms with E-state index >= 15 is 0 Å². The molecule has 5 nitrogen and oxygen atoms in total. The van der Waals surface area contributed by atoms with E-state index in [2.05, 4.69) is 39.1 Å². The van der Waals surface area contributed by atoms with Crippen LogP contribution in [0.2, 0.25) is 0 Å². The number of rotatable bonds is 5. The van der Waals surface area contributed by atoms with Gasteiger partial charge in [0.25, 0.3) is 0 Å². The van der Waals surface area contributed by atoms with E-state index in [1.165, 1.54) is 16.0 Å². The molecule has 0 aliphatic carbocycles. The first kappa shape index (κ1) is 17.6. The Morgan fingerprint density at radius 2 is 2.04 bits per heavy atom. The van der Waals surface area contributed by atoms with Crippen LogP contribution < -0.4 is 10.6 Å². The van der Waals surface area contributed by atoms with E-state index in [0.717, 1.165) is 19.4 Å². The lowest BCUT2D eigenvalue weighted by Crippen LogP contribution is -2.47. The van der Waals surface area contributed by atoms with E-state index in [-0.39, 0.29) is 18.5 Å². The molecular formula is C19H23N3O2S. The molecule has 2 N–H and O–H groups in total. The number of amides is 3. The fraction of sp³-hybridized carbons (Fsp3) is 0.368. The van der Waals surface area contributed by atoms with Crippen molar-refractivity contribution in [2.24, 2.45) is 0 Å². The molecule has 0 radical (unpaired) electrons. The summed E-state index contributed by atoms with van der Waals surface area (Å²) in [7, 11) is 0. The Morgan fingerprint density at radius 1 is 1.24 bits per heavy atom. The van der Waals surface area contributed by atoms with Crippen LogP contribution in [0.3, 0.4) is 0 Å². The Balaban J connectivity index is 1.74. The van der Waals surface area contributed by atoms with Gasteiger partial charge < -0.3 is 5.32 Å². The first-order valence-electron chi connectivity index (χ1n) is 8.62. The van der Waals surface area contributed by atoms with Gasteiger partial charge in [0, 0.05) is 18.0 Å². The third-order valence-corrected chi connectivity index (χ3v) is 5.31. The largest absolute Gasteiger partial charge is 0.338 e. The molecule has 25 heavy (non-hydrogen) atoms. The van der Waals surface area contributed by atoms with Crippen LogP contribution in [0.5, 0.6) is 0 Å². The molecule has 132 valence electrons. The second kappa shape index (κ2) is 8.27. The first-order valence-corrected chi connectivity index (χ1v) is 9.50. The van der Waals surface area contributed by atoms with Gasteiger partial charge in [-0.1, -0.05) is 37.3 Å². The van der Waals surface area contributed by atoms with Crippen LogP contribution in [0.25, 0.3) is 0 Å². The van der Waals surface area contributed by atoms with Crippen molar-refractivity contribution in [2.45, 2.75) is 25.8 Å². The van der Waals surface area contributed by atoms with E-state index in [1.54, 1.807) is 11.3 Å². The summed E-state index contributed by atoms with van der Waals surface area (Å²) in [5.41, 5.74) is 2.44. The fourth-order valence-electron chi connectivity index (χ4n) is 3.20. The summed E-state index contributed by atoms with van der Waals surface area (Å²) in [5.74, 6) is -0.270. The van der Waals surface area contributed by atoms with Crippen molar-refractivity contribution >= 4 is 23.3 Å². The van der Waals surface area contributed by atoms with Gasteiger partial charge in [-0.15, -0.1) is 11.3 Å². The van der Waals surface area contributed by atoms with Crippen molar-refractivity contribution in [3.05, 3.63) is 57.8 Å². The molecule has 1 aliphatic heterocycles. The van der Waals surface area contributed by atoms with Crippen LogP contribution in [-0.2, 0) is 11.2 Å². The summed E-state index contributed by atoms with van der Waals surface area (Å²) in [4.78, 5) is 27.5. The summed E-state index contributed by atoms with van der Waals surface area (Å²) in [6.07, 6.45) is 1.77. The van der Waals surface area contributed by atoms with E-state index in [9.17, 15) is 9.59 Å². The van der Waals surface area contributed by atoms with E-state index in [4.69, 9.17) is 0 Å². The molecule has 6 heteroatoms. The van der Waals surface area contributed by atoms with Crippen molar-refractivity contribution in [3.8, 4) is 0 Å². The number of hydrogen-bond donors (Lipinski definition) is 2. The average molecular weight is 357 g/mol. The third-order valence-electron chi connectivity index (χ3n) is 4.32. The first-order chi connectivity index (χ1) is 12.2. The van der Waals surface area contributed by atoms with Crippen LogP contribution in [0.1, 0.15) is 35.4 Å². The second-order valence-electron chi connectivity index (χ2n) is 6.14. The molecule has 0 saturated carbocycles. The number of thiophene rings is 1. The summed E-state index contributed by atoms with van der Waals surface area (Å²) in [6, 6.07) is 12.0. The zero-order chi connectivity index (χ0) is 17.6. The van der Waals surface area contributed by atoms with E-state index < -0.39 is 6.03 Å². The van der Waals surface area contributed by atoms with Crippen molar-refractivity contribution in [1.82, 2.24) is 15.5 Å². The highest BCUT2D eigenvalue weighted by Crippen LogP contribution is 2.37. The third kappa shape index (κ3) is 4.27. The normalized spacial score (nSPS) is 16.9. The van der Waals surface area contributed by atoms with Crippen LogP contribution in [0.15, 0.2) is 41.8 Å². The van der Waals surface area contributed by atoms with E-state index in [1.807, 2.05) is 25.1 Å². The molecule has 1 aromatic heterocycles. The van der Waals surface area contributed by atoms with Gasteiger partial charge in [0.05, 0.1) is 12.6 Å². The van der Waals surface area contributed by atoms with Gasteiger partial charge in [-0.05, 0) is 35.4 Å². The van der Waals surface area contributed by atoms with Crippen molar-refractivity contribution in [2.75, 3.05) is 19.6 Å². The topological polar surface area (TPSA) is 61.4 Å². The number of benzene rings is 1. The van der Waals surface area contributed by atoms with Crippen LogP contribution in [0, 0.1) is 0 Å². The van der Waals surface area contributed by atoms with Gasteiger partial charge in [0.2, 0.25) is 5.91 Å². The summed E-state index contributed by atoms with van der Waals surface area (Å²) >= 11 is 1.77. The molecule has 0 unspecified atom stereocenters. The molecule has 2 heterocycles. The number of nitrogens with zero attached hydrogens (tertiary/aromatic N) is 1. The molecule has 0 saturated heterocycles. The van der Waals surface area contributed by atoms with E-state index in [0.29, 0.717) is 6.54 Å². The number of nitrogens with one attached hydrogen (secondary N) is 2. The quantitative estimate of drug-likeness (QED) is 0.865. The molecule has 3 rings (SSSR count). The SMILES string of the molecule is CCCNC(=O)NC(=O)CN1CCc2sccc2[C@@H]1c1ccccc1. The lowest BCUT2D eigenvalue weighted by Gasteiger charge is -2.35. The average Bonchev–Trinajstić information content (AvgIpc) is 3.09. The summed E-state index contributed by atoms with van der Waals surface area (Å²) in [5, 5.41) is 7.20. The number of carbonyl (C=O) groups excluding carboxylic acids is 2. The second-order valence-corrected chi connectivity index (χ2v) is 7.14. The van der Waals surface area contributed by atoms with Gasteiger partial charge in [-0.3, -0.25) is 15.0 Å². The molecule has 2 aromatic rings. The predicted molar refractivity (Wildman–Crippen MR) is 99.7 cm³/mol. The number of imide groups is 1. The number of hydrogen-bond acceptors (Lipinski definition) is 4. The van der Waals surface area contributed by atoms with Crippen molar-refractivity contribution < 1.29 is 9.59 Å². The van der Waals surface area contributed by atoms with Gasteiger partial charge in [-0.25, -0.2) is 4.79 Å². The highest BCUT2D eigenvalue weighted by Gasteiger charge is 2.30. The maximum Gasteiger partial charge on any atom is 0.321 e. The molecule has 1 aromatic carbocycles. The number of carbonyl (C=O) groups is 2. The smallest absolute Gasteiger partial charge is 0.321 e. The monoisotopic (exact) mass is 357 g/mol. The molecule has 1 aliphatic rings. The highest BCUT2D eigenvalue weighted by atomic mass is 32.1. The Morgan fingerprint density at radius 3 is 2.80 bits per heavy atom. The van der Waals surface area contributed by atoms with Gasteiger partial charge >= 0.3 is 6.03 Å². The Bertz CT molecular complexity index is 729. The Kier molecular flexibility index (Phi) is 5.83. The van der Waals surface area contributed by atoms with Gasteiger partial charge in [-0.2, -0.15) is 0 Å². The summed E-state index contributed by atoms with van der Waals surface area (Å²) in [6.45, 7) is 3.54. The van der Waals surface area contributed by atoms with Gasteiger partial charge in [0.15, 0.2) is 0 Å². The molecule has 1 atom stereocenters. The minimum atomic E-state index is -0.420. The zero-order valence-electron chi connectivity index (χ0n) is 14.3. The maximum absolute atomic E-state index is 12.3. The van der Waals surface area contributed by atoms with Crippen LogP contribution in [-0.4, -0.2) is 36.5 Å². The zero-order valence-corrected chi connectivity index (χ0v) is 15.1. The standard InChI is InChI=1S/C19H23N3O2S/c1-2-10-20-19(24)21-17(23)13-22-11-8-16-15(9-12-25-16)18(22)14-6-4-3-5-7-14/h3-7,9,12,18H,2,8,10-11,13H2,1H3,(H2,20,21,23,24)/t18-/m0/s1. The van der Waals surface area contributed by atoms with Crippen LogP contribution >= 0.6 is 11.3 Å². The maximum atomic E-state index is 12.3. The molecule has 0 spiro atoms. The van der Waals surface area contributed by atoms with Gasteiger partial charge in [0.1, 0.15) is 0 Å². The molecule has 0 bridgehead atoms.